The highest BCUT2D eigenvalue weighted by Crippen LogP contribution is 2.20. The largest absolute Gasteiger partial charge is 0.445 e. The monoisotopic (exact) mass is 423 g/mol. The van der Waals surface area contributed by atoms with Crippen LogP contribution < -0.4 is 10.6 Å². The van der Waals surface area contributed by atoms with Gasteiger partial charge >= 0.3 is 6.09 Å². The number of piperidine rings is 1. The third-order valence-electron chi connectivity index (χ3n) is 5.14. The van der Waals surface area contributed by atoms with Gasteiger partial charge in [-0.1, -0.05) is 42.5 Å². The number of alkyl carbamates (subject to hydrolysis) is 1. The second-order valence-electron chi connectivity index (χ2n) is 7.54. The van der Waals surface area contributed by atoms with Crippen molar-refractivity contribution < 1.29 is 19.1 Å². The van der Waals surface area contributed by atoms with Gasteiger partial charge in [-0.15, -0.1) is 0 Å². The van der Waals surface area contributed by atoms with Crippen LogP contribution in [0.25, 0.3) is 0 Å². The van der Waals surface area contributed by atoms with Crippen molar-refractivity contribution in [2.75, 3.05) is 25.0 Å². The smallest absolute Gasteiger partial charge is 0.407 e. The molecule has 0 saturated carbocycles. The Morgan fingerprint density at radius 2 is 1.61 bits per heavy atom. The zero-order valence-electron chi connectivity index (χ0n) is 17.6. The first kappa shape index (κ1) is 22.3. The molecule has 2 N–H and O–H groups in total. The van der Waals surface area contributed by atoms with Crippen LogP contribution >= 0.6 is 0 Å². The summed E-state index contributed by atoms with van der Waals surface area (Å²) in [5.41, 5.74) is 1.95. The Morgan fingerprint density at radius 1 is 0.903 bits per heavy atom. The minimum absolute atomic E-state index is 0.0431. The van der Waals surface area contributed by atoms with Crippen molar-refractivity contribution in [2.45, 2.75) is 38.7 Å². The molecule has 0 unspecified atom stereocenters. The minimum atomic E-state index is -0.512. The maximum Gasteiger partial charge on any atom is 0.407 e. The van der Waals surface area contributed by atoms with Crippen LogP contribution in [-0.4, -0.2) is 42.4 Å². The van der Waals surface area contributed by atoms with E-state index in [9.17, 15) is 14.4 Å². The Bertz CT molecular complexity index is 879. The summed E-state index contributed by atoms with van der Waals surface area (Å²) in [6.45, 7) is 2.05. The van der Waals surface area contributed by atoms with Gasteiger partial charge in [-0.25, -0.2) is 4.79 Å². The minimum Gasteiger partial charge on any atom is -0.445 e. The molecule has 1 aliphatic heterocycles. The summed E-state index contributed by atoms with van der Waals surface area (Å²) in [7, 11) is 0. The summed E-state index contributed by atoms with van der Waals surface area (Å²) in [5, 5.41) is 5.48. The van der Waals surface area contributed by atoms with Gasteiger partial charge in [0.1, 0.15) is 6.61 Å². The number of para-hydroxylation sites is 1. The topological polar surface area (TPSA) is 87.7 Å². The van der Waals surface area contributed by atoms with E-state index in [4.69, 9.17) is 4.74 Å². The van der Waals surface area contributed by atoms with Crippen LogP contribution in [0.1, 0.15) is 48.0 Å². The van der Waals surface area contributed by atoms with Gasteiger partial charge in [0.15, 0.2) is 0 Å². The van der Waals surface area contributed by atoms with Crippen molar-refractivity contribution in [3.05, 3.63) is 65.7 Å². The molecule has 0 aliphatic carbocycles. The van der Waals surface area contributed by atoms with Crippen molar-refractivity contribution in [1.29, 1.82) is 0 Å². The van der Waals surface area contributed by atoms with Crippen LogP contribution in [0.3, 0.4) is 0 Å². The SMILES string of the molecule is O=C(CCCNC(=O)OCc1ccccc1)Nc1ccccc1C(=O)N1CCCCC1. The fourth-order valence-electron chi connectivity index (χ4n) is 3.47. The maximum absolute atomic E-state index is 12.8. The lowest BCUT2D eigenvalue weighted by atomic mass is 10.1. The molecule has 2 aromatic rings. The highest BCUT2D eigenvalue weighted by molar-refractivity contribution is 6.03. The van der Waals surface area contributed by atoms with Crippen LogP contribution in [0.15, 0.2) is 54.6 Å². The zero-order valence-corrected chi connectivity index (χ0v) is 17.6. The molecule has 3 rings (SSSR count). The molecule has 1 saturated heterocycles. The molecular formula is C24H29N3O4. The summed E-state index contributed by atoms with van der Waals surface area (Å²) < 4.78 is 5.14. The fourth-order valence-corrected chi connectivity index (χ4v) is 3.47. The fraction of sp³-hybridized carbons (Fsp3) is 0.375. The number of carbonyl (C=O) groups is 3. The van der Waals surface area contributed by atoms with Gasteiger partial charge in [-0.3, -0.25) is 9.59 Å². The Kier molecular flexibility index (Phi) is 8.46. The van der Waals surface area contributed by atoms with E-state index in [2.05, 4.69) is 10.6 Å². The van der Waals surface area contributed by atoms with E-state index in [1.165, 1.54) is 0 Å². The average Bonchev–Trinajstić information content (AvgIpc) is 2.81. The number of hydrogen-bond acceptors (Lipinski definition) is 4. The number of benzene rings is 2. The zero-order chi connectivity index (χ0) is 21.9. The summed E-state index contributed by atoms with van der Waals surface area (Å²) in [4.78, 5) is 38.7. The van der Waals surface area contributed by atoms with Crippen molar-refractivity contribution in [3.8, 4) is 0 Å². The Morgan fingerprint density at radius 3 is 2.39 bits per heavy atom. The van der Waals surface area contributed by atoms with Gasteiger partial charge in [0.05, 0.1) is 11.3 Å². The molecule has 0 radical (unpaired) electrons. The number of amides is 3. The first-order valence-electron chi connectivity index (χ1n) is 10.8. The third kappa shape index (κ3) is 7.13. The normalized spacial score (nSPS) is 13.4. The number of likely N-dealkylation sites (tertiary alicyclic amines) is 1. The highest BCUT2D eigenvalue weighted by atomic mass is 16.5. The predicted molar refractivity (Wildman–Crippen MR) is 119 cm³/mol. The van der Waals surface area contributed by atoms with E-state index < -0.39 is 6.09 Å². The maximum atomic E-state index is 12.8. The molecule has 1 heterocycles. The van der Waals surface area contributed by atoms with Gasteiger partial charge in [-0.2, -0.15) is 0 Å². The van der Waals surface area contributed by atoms with Gasteiger partial charge in [0, 0.05) is 26.1 Å². The summed E-state index contributed by atoms with van der Waals surface area (Å²) in [6, 6.07) is 16.5. The lowest BCUT2D eigenvalue weighted by Crippen LogP contribution is -2.36. The van der Waals surface area contributed by atoms with Crippen molar-refractivity contribution in [1.82, 2.24) is 10.2 Å². The van der Waals surface area contributed by atoms with Gasteiger partial charge in [0.2, 0.25) is 5.91 Å². The quantitative estimate of drug-likeness (QED) is 0.629. The number of carbonyl (C=O) groups excluding carboxylic acids is 3. The second kappa shape index (κ2) is 11.7. The Balaban J connectivity index is 1.40. The number of ether oxygens (including phenoxy) is 1. The molecule has 0 atom stereocenters. The van der Waals surface area contributed by atoms with E-state index in [-0.39, 0.29) is 24.8 Å². The Labute approximate surface area is 182 Å². The molecule has 164 valence electrons. The molecule has 1 aliphatic rings. The van der Waals surface area contributed by atoms with Crippen LogP contribution in [0.5, 0.6) is 0 Å². The van der Waals surface area contributed by atoms with Gasteiger partial charge in [-0.05, 0) is 43.4 Å². The molecule has 0 aromatic heterocycles. The molecule has 3 amide bonds. The lowest BCUT2D eigenvalue weighted by molar-refractivity contribution is -0.116. The van der Waals surface area contributed by atoms with E-state index in [1.54, 1.807) is 24.3 Å². The first-order chi connectivity index (χ1) is 15.1. The number of hydrogen-bond donors (Lipinski definition) is 2. The van der Waals surface area contributed by atoms with Gasteiger partial charge in [0.25, 0.3) is 5.91 Å². The van der Waals surface area contributed by atoms with Crippen molar-refractivity contribution in [2.24, 2.45) is 0 Å². The van der Waals surface area contributed by atoms with Crippen LogP contribution in [-0.2, 0) is 16.1 Å². The van der Waals surface area contributed by atoms with Crippen molar-refractivity contribution in [3.63, 3.8) is 0 Å². The van der Waals surface area contributed by atoms with Crippen LogP contribution in [0.4, 0.5) is 10.5 Å². The number of nitrogens with zero attached hydrogens (tertiary/aromatic N) is 1. The Hall–Kier alpha value is -3.35. The predicted octanol–water partition coefficient (Wildman–Crippen LogP) is 3.96. The number of nitrogens with one attached hydrogen (secondary N) is 2. The van der Waals surface area contributed by atoms with E-state index in [1.807, 2.05) is 35.2 Å². The molecule has 7 nitrogen and oxygen atoms in total. The lowest BCUT2D eigenvalue weighted by Gasteiger charge is -2.27. The van der Waals surface area contributed by atoms with Crippen LogP contribution in [0.2, 0.25) is 0 Å². The molecular weight excluding hydrogens is 394 g/mol. The van der Waals surface area contributed by atoms with E-state index in [0.29, 0.717) is 24.2 Å². The number of anilines is 1. The third-order valence-corrected chi connectivity index (χ3v) is 5.14. The van der Waals surface area contributed by atoms with E-state index in [0.717, 1.165) is 37.9 Å². The second-order valence-corrected chi connectivity index (χ2v) is 7.54. The first-order valence-corrected chi connectivity index (χ1v) is 10.8. The van der Waals surface area contributed by atoms with Gasteiger partial charge < -0.3 is 20.3 Å². The summed E-state index contributed by atoms with van der Waals surface area (Å²) >= 11 is 0. The molecule has 7 heteroatoms. The molecule has 2 aromatic carbocycles. The summed E-state index contributed by atoms with van der Waals surface area (Å²) in [6.07, 6.45) is 3.36. The van der Waals surface area contributed by atoms with Crippen molar-refractivity contribution >= 4 is 23.6 Å². The number of rotatable bonds is 8. The molecule has 31 heavy (non-hydrogen) atoms. The van der Waals surface area contributed by atoms with Crippen LogP contribution in [0, 0.1) is 0 Å². The molecule has 1 fully saturated rings. The summed E-state index contributed by atoms with van der Waals surface area (Å²) in [5.74, 6) is -0.239. The highest BCUT2D eigenvalue weighted by Gasteiger charge is 2.21. The average molecular weight is 424 g/mol. The standard InChI is InChI=1S/C24H29N3O4/c28-22(14-9-15-25-24(30)31-18-19-10-3-1-4-11-19)26-21-13-6-5-12-20(21)23(29)27-16-7-2-8-17-27/h1,3-6,10-13H,2,7-9,14-18H2,(H,25,30)(H,26,28). The molecule has 0 bridgehead atoms. The molecule has 0 spiro atoms. The van der Waals surface area contributed by atoms with E-state index >= 15 is 0 Å².